The van der Waals surface area contributed by atoms with E-state index in [0.29, 0.717) is 0 Å². The van der Waals surface area contributed by atoms with Gasteiger partial charge >= 0.3 is 6.03 Å². The van der Waals surface area contributed by atoms with Gasteiger partial charge in [0.2, 0.25) is 0 Å². The molecule has 8 heteroatoms. The summed E-state index contributed by atoms with van der Waals surface area (Å²) in [5.41, 5.74) is 1.94. The van der Waals surface area contributed by atoms with Gasteiger partial charge in [0.25, 0.3) is 5.91 Å². The normalized spacial score (nSPS) is 26.8. The number of fused-ring (bicyclic) bond motifs is 3. The van der Waals surface area contributed by atoms with E-state index < -0.39 is 6.04 Å². The number of amides is 3. The molecule has 0 aromatic heterocycles. The average Bonchev–Trinajstić information content (AvgIpc) is 3.18. The summed E-state index contributed by atoms with van der Waals surface area (Å²) in [6.45, 7) is 2.63. The van der Waals surface area contributed by atoms with Crippen LogP contribution in [0.1, 0.15) is 17.5 Å². The molecule has 1 N–H and O–H groups in total. The van der Waals surface area contributed by atoms with Gasteiger partial charge in [-0.1, -0.05) is 42.5 Å². The van der Waals surface area contributed by atoms with E-state index in [9.17, 15) is 14.0 Å². The second-order valence-electron chi connectivity index (χ2n) is 8.42. The van der Waals surface area contributed by atoms with Gasteiger partial charge in [-0.15, -0.1) is 0 Å². The minimum absolute atomic E-state index is 0.103. The third kappa shape index (κ3) is 3.60. The monoisotopic (exact) mass is 423 g/mol. The van der Waals surface area contributed by atoms with Crippen LogP contribution in [-0.4, -0.2) is 70.2 Å². The van der Waals surface area contributed by atoms with E-state index >= 15 is 0 Å². The van der Waals surface area contributed by atoms with Crippen molar-refractivity contribution in [3.63, 3.8) is 0 Å². The molecule has 0 saturated carbocycles. The van der Waals surface area contributed by atoms with Crippen LogP contribution in [0.5, 0.6) is 0 Å². The highest BCUT2D eigenvalue weighted by atomic mass is 19.1. The Morgan fingerprint density at radius 2 is 1.68 bits per heavy atom. The molecule has 3 unspecified atom stereocenters. The minimum Gasteiger partial charge on any atom is -0.310 e. The van der Waals surface area contributed by atoms with E-state index in [2.05, 4.69) is 27.2 Å². The fraction of sp³-hybridized carbons (Fsp3) is 0.391. The van der Waals surface area contributed by atoms with Crippen LogP contribution in [0.15, 0.2) is 54.6 Å². The Labute approximate surface area is 181 Å². The topological polar surface area (TPSA) is 59.1 Å². The third-order valence-corrected chi connectivity index (χ3v) is 6.45. The molecular weight excluding hydrogens is 397 g/mol. The van der Waals surface area contributed by atoms with E-state index in [1.54, 1.807) is 24.1 Å². The first-order chi connectivity index (χ1) is 15.0. The van der Waals surface area contributed by atoms with Gasteiger partial charge in [0.05, 0.1) is 6.54 Å². The molecule has 3 aliphatic heterocycles. The van der Waals surface area contributed by atoms with Crippen molar-refractivity contribution in [2.75, 3.05) is 20.1 Å². The number of carbonyl (C=O) groups excluding carboxylic acids is 2. The first-order valence-corrected chi connectivity index (χ1v) is 10.7. The van der Waals surface area contributed by atoms with Crippen molar-refractivity contribution in [1.29, 1.82) is 0 Å². The van der Waals surface area contributed by atoms with Crippen molar-refractivity contribution in [2.45, 2.75) is 38.0 Å². The van der Waals surface area contributed by atoms with Crippen LogP contribution in [0.3, 0.4) is 0 Å². The van der Waals surface area contributed by atoms with Crippen LogP contribution in [0.25, 0.3) is 0 Å². The fourth-order valence-corrected chi connectivity index (χ4v) is 4.89. The number of rotatable bonds is 4. The van der Waals surface area contributed by atoms with E-state index in [0.717, 1.165) is 31.6 Å². The standard InChI is InChI=1S/C23H26FN5O2/c1-26-20-19(21(30)29(23(26)31)15-17-8-10-18(24)11-9-17)28-13-5-12-27(22(28)25-20)14-16-6-3-2-4-7-16/h2-4,6-11,19-20,22,25H,5,12-15H2,1H3. The molecule has 7 nitrogen and oxygen atoms in total. The van der Waals surface area contributed by atoms with Gasteiger partial charge in [0.15, 0.2) is 0 Å². The summed E-state index contributed by atoms with van der Waals surface area (Å²) in [5.74, 6) is -0.541. The number of hydrogen-bond acceptors (Lipinski definition) is 5. The Balaban J connectivity index is 1.38. The van der Waals surface area contributed by atoms with Crippen LogP contribution in [0, 0.1) is 5.82 Å². The molecule has 0 bridgehead atoms. The lowest BCUT2D eigenvalue weighted by atomic mass is 10.1. The molecule has 31 heavy (non-hydrogen) atoms. The Morgan fingerprint density at radius 1 is 0.968 bits per heavy atom. The lowest BCUT2D eigenvalue weighted by molar-refractivity contribution is -0.140. The molecule has 2 aromatic carbocycles. The van der Waals surface area contributed by atoms with Crippen LogP contribution in [0.2, 0.25) is 0 Å². The number of nitrogens with zero attached hydrogens (tertiary/aromatic N) is 4. The average molecular weight is 423 g/mol. The molecule has 3 fully saturated rings. The van der Waals surface area contributed by atoms with Gasteiger partial charge in [0.1, 0.15) is 24.3 Å². The molecule has 0 radical (unpaired) electrons. The van der Waals surface area contributed by atoms with Crippen molar-refractivity contribution in [3.8, 4) is 0 Å². The summed E-state index contributed by atoms with van der Waals surface area (Å²) in [6, 6.07) is 15.4. The fourth-order valence-electron chi connectivity index (χ4n) is 4.89. The van der Waals surface area contributed by atoms with Crippen molar-refractivity contribution in [2.24, 2.45) is 0 Å². The molecule has 3 saturated heterocycles. The predicted octanol–water partition coefficient (Wildman–Crippen LogP) is 2.01. The maximum Gasteiger partial charge on any atom is 0.328 e. The Kier molecular flexibility index (Phi) is 5.21. The number of urea groups is 1. The van der Waals surface area contributed by atoms with Crippen molar-refractivity contribution in [1.82, 2.24) is 24.9 Å². The van der Waals surface area contributed by atoms with Crippen molar-refractivity contribution < 1.29 is 14.0 Å². The van der Waals surface area contributed by atoms with Gasteiger partial charge < -0.3 is 4.90 Å². The number of imide groups is 1. The summed E-state index contributed by atoms with van der Waals surface area (Å²) in [7, 11) is 1.73. The van der Waals surface area contributed by atoms with Gasteiger partial charge in [-0.3, -0.25) is 24.8 Å². The van der Waals surface area contributed by atoms with Crippen molar-refractivity contribution >= 4 is 11.9 Å². The van der Waals surface area contributed by atoms with Crippen LogP contribution < -0.4 is 5.32 Å². The van der Waals surface area contributed by atoms with Gasteiger partial charge in [-0.05, 0) is 29.7 Å². The van der Waals surface area contributed by atoms with Crippen molar-refractivity contribution in [3.05, 3.63) is 71.5 Å². The van der Waals surface area contributed by atoms with Gasteiger partial charge in [-0.2, -0.15) is 0 Å². The molecular formula is C23H26FN5O2. The number of likely N-dealkylation sites (N-methyl/N-ethyl adjacent to an activating group) is 1. The maximum atomic E-state index is 13.5. The van der Waals surface area contributed by atoms with E-state index in [1.165, 1.54) is 22.6 Å². The lowest BCUT2D eigenvalue weighted by Crippen LogP contribution is -2.66. The molecule has 3 heterocycles. The van der Waals surface area contributed by atoms with E-state index in [1.807, 2.05) is 18.2 Å². The largest absolute Gasteiger partial charge is 0.328 e. The first kappa shape index (κ1) is 20.1. The molecule has 3 atom stereocenters. The molecule has 3 aliphatic rings. The number of halogens is 1. The maximum absolute atomic E-state index is 13.5. The predicted molar refractivity (Wildman–Crippen MR) is 113 cm³/mol. The smallest absolute Gasteiger partial charge is 0.310 e. The zero-order valence-corrected chi connectivity index (χ0v) is 17.4. The second-order valence-corrected chi connectivity index (χ2v) is 8.42. The van der Waals surface area contributed by atoms with Crippen LogP contribution in [0.4, 0.5) is 9.18 Å². The second kappa shape index (κ2) is 8.03. The highest BCUT2D eigenvalue weighted by Crippen LogP contribution is 2.31. The lowest BCUT2D eigenvalue weighted by Gasteiger charge is -2.43. The SMILES string of the molecule is CN1C(=O)N(Cc2ccc(F)cc2)C(=O)C2C1NC1N(Cc3ccccc3)CCCN21. The first-order valence-electron chi connectivity index (χ1n) is 10.7. The van der Waals surface area contributed by atoms with Crippen LogP contribution in [-0.2, 0) is 17.9 Å². The number of benzene rings is 2. The van der Waals surface area contributed by atoms with E-state index in [-0.39, 0.29) is 36.8 Å². The van der Waals surface area contributed by atoms with Gasteiger partial charge in [-0.25, -0.2) is 9.18 Å². The Bertz CT molecular complexity index is 970. The summed E-state index contributed by atoms with van der Waals surface area (Å²) in [5, 5.41) is 3.53. The minimum atomic E-state index is -0.438. The third-order valence-electron chi connectivity index (χ3n) is 6.45. The summed E-state index contributed by atoms with van der Waals surface area (Å²) in [6.07, 6.45) is 0.483. The number of nitrogens with one attached hydrogen (secondary N) is 1. The summed E-state index contributed by atoms with van der Waals surface area (Å²) in [4.78, 5) is 33.9. The molecule has 3 amide bonds. The Hall–Kier alpha value is -2.81. The summed E-state index contributed by atoms with van der Waals surface area (Å²) >= 11 is 0. The molecule has 0 spiro atoms. The highest BCUT2D eigenvalue weighted by Gasteiger charge is 2.55. The molecule has 5 rings (SSSR count). The molecule has 0 aliphatic carbocycles. The molecule has 2 aromatic rings. The zero-order valence-electron chi connectivity index (χ0n) is 17.4. The molecule has 162 valence electrons. The summed E-state index contributed by atoms with van der Waals surface area (Å²) < 4.78 is 13.3. The van der Waals surface area contributed by atoms with E-state index in [4.69, 9.17) is 0 Å². The Morgan fingerprint density at radius 3 is 2.42 bits per heavy atom. The zero-order chi connectivity index (χ0) is 21.5. The highest BCUT2D eigenvalue weighted by molar-refractivity contribution is 6.00. The number of carbonyl (C=O) groups is 2. The number of hydrogen-bond donors (Lipinski definition) is 1. The van der Waals surface area contributed by atoms with Gasteiger partial charge in [0, 0.05) is 26.7 Å². The quantitative estimate of drug-likeness (QED) is 0.815. The van der Waals surface area contributed by atoms with Crippen LogP contribution >= 0.6 is 0 Å².